The molecule has 0 unspecified atom stereocenters. The Morgan fingerprint density at radius 3 is 2.88 bits per heavy atom. The average Bonchev–Trinajstić information content (AvgIpc) is 2.96. The van der Waals surface area contributed by atoms with Gasteiger partial charge in [-0.2, -0.15) is 5.10 Å². The first-order valence-electron chi connectivity index (χ1n) is 8.75. The topological polar surface area (TPSA) is 50.2 Å². The first-order chi connectivity index (χ1) is 11.7. The maximum Gasteiger partial charge on any atom is 0.219 e. The zero-order valence-electron chi connectivity index (χ0n) is 14.5. The monoisotopic (exact) mass is 326 g/mol. The number of hydrogen-bond acceptors (Lipinski definition) is 3. The summed E-state index contributed by atoms with van der Waals surface area (Å²) in [5, 5.41) is 7.78. The van der Waals surface area contributed by atoms with E-state index in [2.05, 4.69) is 33.6 Å². The molecule has 1 saturated heterocycles. The van der Waals surface area contributed by atoms with Gasteiger partial charge in [-0.05, 0) is 19.4 Å². The van der Waals surface area contributed by atoms with Crippen molar-refractivity contribution in [3.63, 3.8) is 0 Å². The van der Waals surface area contributed by atoms with Gasteiger partial charge in [0.2, 0.25) is 5.91 Å². The molecule has 0 saturated carbocycles. The molecule has 5 heteroatoms. The van der Waals surface area contributed by atoms with Crippen molar-refractivity contribution in [1.82, 2.24) is 20.0 Å². The van der Waals surface area contributed by atoms with Gasteiger partial charge in [-0.1, -0.05) is 37.3 Å². The number of amides is 1. The van der Waals surface area contributed by atoms with Crippen LogP contribution in [-0.4, -0.2) is 39.7 Å². The van der Waals surface area contributed by atoms with Crippen molar-refractivity contribution in [2.24, 2.45) is 7.05 Å². The lowest BCUT2D eigenvalue weighted by Crippen LogP contribution is -2.47. The third-order valence-electron chi connectivity index (χ3n) is 4.54. The summed E-state index contributed by atoms with van der Waals surface area (Å²) < 4.78 is 1.89. The van der Waals surface area contributed by atoms with Crippen LogP contribution in [0.15, 0.2) is 36.5 Å². The zero-order chi connectivity index (χ0) is 16.9. The Morgan fingerprint density at radius 2 is 2.12 bits per heavy atom. The highest BCUT2D eigenvalue weighted by Gasteiger charge is 2.22. The Kier molecular flexibility index (Phi) is 5.30. The van der Waals surface area contributed by atoms with Crippen LogP contribution in [0.2, 0.25) is 0 Å². The molecule has 1 fully saturated rings. The maximum atomic E-state index is 11.6. The fraction of sp³-hybridized carbons (Fsp3) is 0.474. The second-order valence-corrected chi connectivity index (χ2v) is 6.54. The van der Waals surface area contributed by atoms with Crippen LogP contribution in [0.1, 0.15) is 31.7 Å². The molecular formula is C19H26N4O. The van der Waals surface area contributed by atoms with Crippen molar-refractivity contribution in [3.05, 3.63) is 42.1 Å². The molecular weight excluding hydrogens is 300 g/mol. The molecule has 0 radical (unpaired) electrons. The molecule has 2 heterocycles. The number of aromatic nitrogens is 2. The number of benzene rings is 1. The van der Waals surface area contributed by atoms with E-state index in [1.165, 1.54) is 5.56 Å². The molecule has 128 valence electrons. The number of rotatable bonds is 5. The molecule has 0 aliphatic carbocycles. The molecule has 1 aromatic heterocycles. The Bertz CT molecular complexity index is 680. The summed E-state index contributed by atoms with van der Waals surface area (Å²) in [5.74, 6) is 0.146. The number of aryl methyl sites for hydroxylation is 1. The van der Waals surface area contributed by atoms with Crippen molar-refractivity contribution in [3.8, 4) is 11.3 Å². The van der Waals surface area contributed by atoms with Crippen LogP contribution in [0, 0.1) is 0 Å². The Balaban J connectivity index is 1.71. The fourth-order valence-electron chi connectivity index (χ4n) is 3.38. The molecule has 1 aliphatic heterocycles. The van der Waals surface area contributed by atoms with Crippen LogP contribution >= 0.6 is 0 Å². The van der Waals surface area contributed by atoms with Gasteiger partial charge in [-0.25, -0.2) is 0 Å². The number of carbonyl (C=O) groups is 1. The maximum absolute atomic E-state index is 11.6. The minimum Gasteiger partial charge on any atom is -0.352 e. The van der Waals surface area contributed by atoms with Crippen LogP contribution in [0.4, 0.5) is 0 Å². The lowest BCUT2D eigenvalue weighted by atomic mass is 10.0. The first kappa shape index (κ1) is 16.7. The summed E-state index contributed by atoms with van der Waals surface area (Å²) >= 11 is 0. The number of piperidine rings is 1. The highest BCUT2D eigenvalue weighted by atomic mass is 16.1. The van der Waals surface area contributed by atoms with E-state index in [1.807, 2.05) is 36.9 Å². The second-order valence-electron chi connectivity index (χ2n) is 6.54. The molecule has 0 bridgehead atoms. The fourth-order valence-corrected chi connectivity index (χ4v) is 3.38. The van der Waals surface area contributed by atoms with E-state index in [-0.39, 0.29) is 11.9 Å². The zero-order valence-corrected chi connectivity index (χ0v) is 14.5. The van der Waals surface area contributed by atoms with E-state index in [0.717, 1.165) is 43.7 Å². The minimum atomic E-state index is 0.146. The first-order valence-corrected chi connectivity index (χ1v) is 8.75. The highest BCUT2D eigenvalue weighted by Crippen LogP contribution is 2.24. The summed E-state index contributed by atoms with van der Waals surface area (Å²) in [5.41, 5.74) is 3.45. The van der Waals surface area contributed by atoms with Crippen LogP contribution in [0.5, 0.6) is 0 Å². The predicted octanol–water partition coefficient (Wildman–Crippen LogP) is 2.58. The molecule has 1 amide bonds. The van der Waals surface area contributed by atoms with Gasteiger partial charge < -0.3 is 5.32 Å². The lowest BCUT2D eigenvalue weighted by molar-refractivity contribution is -0.121. The van der Waals surface area contributed by atoms with Crippen LogP contribution in [-0.2, 0) is 18.4 Å². The standard InChI is InChI=1S/C19H26N4O/c1-3-18(24)20-17-10-7-11-23(14-17)13-16-12-22(2)21-19(16)15-8-5-4-6-9-15/h4-6,8-9,12,17H,3,7,10-11,13-14H2,1-2H3,(H,20,24)/t17-/m1/s1. The Labute approximate surface area is 143 Å². The van der Waals surface area contributed by atoms with Crippen molar-refractivity contribution < 1.29 is 4.79 Å². The van der Waals surface area contributed by atoms with Crippen molar-refractivity contribution >= 4 is 5.91 Å². The van der Waals surface area contributed by atoms with Crippen molar-refractivity contribution in [2.75, 3.05) is 13.1 Å². The van der Waals surface area contributed by atoms with Gasteiger partial charge in [0.05, 0.1) is 5.69 Å². The van der Waals surface area contributed by atoms with E-state index >= 15 is 0 Å². The third kappa shape index (κ3) is 4.03. The number of hydrogen-bond donors (Lipinski definition) is 1. The lowest BCUT2D eigenvalue weighted by Gasteiger charge is -2.33. The number of nitrogens with one attached hydrogen (secondary N) is 1. The predicted molar refractivity (Wildman–Crippen MR) is 95.4 cm³/mol. The van der Waals surface area contributed by atoms with Crippen LogP contribution in [0.3, 0.4) is 0 Å². The van der Waals surface area contributed by atoms with E-state index in [0.29, 0.717) is 6.42 Å². The molecule has 5 nitrogen and oxygen atoms in total. The van der Waals surface area contributed by atoms with E-state index in [4.69, 9.17) is 0 Å². The Morgan fingerprint density at radius 1 is 1.33 bits per heavy atom. The van der Waals surface area contributed by atoms with Gasteiger partial charge >= 0.3 is 0 Å². The summed E-state index contributed by atoms with van der Waals surface area (Å²) in [4.78, 5) is 14.1. The molecule has 3 rings (SSSR count). The van der Waals surface area contributed by atoms with Gasteiger partial charge in [-0.15, -0.1) is 0 Å². The van der Waals surface area contributed by atoms with Crippen LogP contribution in [0.25, 0.3) is 11.3 Å². The quantitative estimate of drug-likeness (QED) is 0.919. The molecule has 1 aliphatic rings. The minimum absolute atomic E-state index is 0.146. The average molecular weight is 326 g/mol. The SMILES string of the molecule is CCC(=O)N[C@@H]1CCCN(Cc2cn(C)nc2-c2ccccc2)C1. The van der Waals surface area contributed by atoms with Crippen LogP contribution < -0.4 is 5.32 Å². The van der Waals surface area contributed by atoms with E-state index in [9.17, 15) is 4.79 Å². The smallest absolute Gasteiger partial charge is 0.219 e. The normalized spacial score (nSPS) is 18.5. The van der Waals surface area contributed by atoms with Gasteiger partial charge in [0, 0.05) is 49.9 Å². The molecule has 1 N–H and O–H groups in total. The van der Waals surface area contributed by atoms with Crippen molar-refractivity contribution in [2.45, 2.75) is 38.8 Å². The summed E-state index contributed by atoms with van der Waals surface area (Å²) in [6.45, 7) is 4.75. The number of likely N-dealkylation sites (tertiary alicyclic amines) is 1. The number of carbonyl (C=O) groups excluding carboxylic acids is 1. The number of nitrogens with zero attached hydrogens (tertiary/aromatic N) is 3. The summed E-state index contributed by atoms with van der Waals surface area (Å²) in [6.07, 6.45) is 4.85. The van der Waals surface area contributed by atoms with E-state index in [1.54, 1.807) is 0 Å². The second kappa shape index (κ2) is 7.62. The third-order valence-corrected chi connectivity index (χ3v) is 4.54. The van der Waals surface area contributed by atoms with Gasteiger partial charge in [0.15, 0.2) is 0 Å². The Hall–Kier alpha value is -2.14. The molecule has 2 aromatic rings. The van der Waals surface area contributed by atoms with E-state index < -0.39 is 0 Å². The molecule has 24 heavy (non-hydrogen) atoms. The van der Waals surface area contributed by atoms with Gasteiger partial charge in [-0.3, -0.25) is 14.4 Å². The molecule has 1 aromatic carbocycles. The van der Waals surface area contributed by atoms with Gasteiger partial charge in [0.1, 0.15) is 0 Å². The summed E-state index contributed by atoms with van der Waals surface area (Å²) in [6, 6.07) is 10.6. The van der Waals surface area contributed by atoms with Gasteiger partial charge in [0.25, 0.3) is 0 Å². The summed E-state index contributed by atoms with van der Waals surface area (Å²) in [7, 11) is 1.97. The highest BCUT2D eigenvalue weighted by molar-refractivity contribution is 5.75. The molecule has 0 spiro atoms. The molecule has 1 atom stereocenters. The van der Waals surface area contributed by atoms with Crippen molar-refractivity contribution in [1.29, 1.82) is 0 Å². The largest absolute Gasteiger partial charge is 0.352 e.